The molecule has 17 heavy (non-hydrogen) atoms. The van der Waals surface area contributed by atoms with E-state index >= 15 is 0 Å². The number of carbonyl (C=O) groups is 1. The number of carbonyl (C=O) groups excluding carboxylic acids is 1. The van der Waals surface area contributed by atoms with Crippen molar-refractivity contribution >= 4 is 18.6 Å². The minimum atomic E-state index is -0.499. The Bertz CT molecular complexity index is 241. The molecule has 2 aliphatic rings. The molecule has 0 amide bonds. The average molecular weight is 265 g/mol. The topological polar surface area (TPSA) is 42.0 Å². The summed E-state index contributed by atoms with van der Waals surface area (Å²) in [5.41, 5.74) is 0. The van der Waals surface area contributed by atoms with E-state index in [1.807, 2.05) is 14.1 Å². The Morgan fingerprint density at radius 1 is 1.00 bits per heavy atom. The van der Waals surface area contributed by atoms with Gasteiger partial charge in [-0.1, -0.05) is 0 Å². The molecule has 0 N–H and O–H groups in total. The molecule has 5 nitrogen and oxygen atoms in total. The van der Waals surface area contributed by atoms with Gasteiger partial charge in [0, 0.05) is 26.2 Å². The van der Waals surface area contributed by atoms with E-state index in [2.05, 4.69) is 9.80 Å². The van der Waals surface area contributed by atoms with Gasteiger partial charge in [0.25, 0.3) is 0 Å². The molecule has 0 aliphatic carbocycles. The van der Waals surface area contributed by atoms with Crippen LogP contribution < -0.4 is 0 Å². The summed E-state index contributed by atoms with van der Waals surface area (Å²) in [6.45, 7) is 3.62. The standard InChI is InChI=1S/C11H20N2O3.ClH/c1-12-5-3-9(7-12)15-11(14)16-10-4-6-13(2)8-10;/h9-10H,3-8H2,1-2H3;1H. The maximum absolute atomic E-state index is 11.5. The van der Waals surface area contributed by atoms with Crippen molar-refractivity contribution in [2.24, 2.45) is 0 Å². The first-order valence-electron chi connectivity index (χ1n) is 5.88. The maximum Gasteiger partial charge on any atom is 0.508 e. The summed E-state index contributed by atoms with van der Waals surface area (Å²) >= 11 is 0. The maximum atomic E-state index is 11.5. The fourth-order valence-electron chi connectivity index (χ4n) is 2.28. The van der Waals surface area contributed by atoms with Crippen molar-refractivity contribution in [1.82, 2.24) is 9.80 Å². The number of hydrogen-bond acceptors (Lipinski definition) is 5. The van der Waals surface area contributed by atoms with Crippen LogP contribution in [0.3, 0.4) is 0 Å². The minimum absolute atomic E-state index is 0. The second-order valence-electron chi connectivity index (χ2n) is 4.83. The highest BCUT2D eigenvalue weighted by Crippen LogP contribution is 2.14. The number of likely N-dealkylation sites (N-methyl/N-ethyl adjacent to an activating group) is 2. The Kier molecular flexibility index (Phi) is 5.49. The molecular weight excluding hydrogens is 244 g/mol. The van der Waals surface area contributed by atoms with Gasteiger partial charge in [0.15, 0.2) is 0 Å². The molecule has 2 fully saturated rings. The van der Waals surface area contributed by atoms with Gasteiger partial charge in [0.2, 0.25) is 0 Å². The van der Waals surface area contributed by atoms with Gasteiger partial charge in [-0.3, -0.25) is 0 Å². The van der Waals surface area contributed by atoms with Gasteiger partial charge < -0.3 is 19.3 Å². The summed E-state index contributed by atoms with van der Waals surface area (Å²) in [6, 6.07) is 0. The molecule has 2 heterocycles. The van der Waals surface area contributed by atoms with Crippen molar-refractivity contribution in [3.8, 4) is 0 Å². The van der Waals surface area contributed by atoms with Crippen LogP contribution in [0.25, 0.3) is 0 Å². The lowest BCUT2D eigenvalue weighted by atomic mass is 10.3. The van der Waals surface area contributed by atoms with Crippen molar-refractivity contribution in [2.75, 3.05) is 40.3 Å². The van der Waals surface area contributed by atoms with Gasteiger partial charge in [-0.25, -0.2) is 4.79 Å². The lowest BCUT2D eigenvalue weighted by Crippen LogP contribution is -2.27. The van der Waals surface area contributed by atoms with Gasteiger partial charge in [0.05, 0.1) is 0 Å². The summed E-state index contributed by atoms with van der Waals surface area (Å²) in [4.78, 5) is 15.8. The van der Waals surface area contributed by atoms with Crippen LogP contribution in [0.15, 0.2) is 0 Å². The lowest BCUT2D eigenvalue weighted by Gasteiger charge is -2.15. The van der Waals surface area contributed by atoms with Crippen molar-refractivity contribution in [3.63, 3.8) is 0 Å². The summed E-state index contributed by atoms with van der Waals surface area (Å²) in [7, 11) is 4.06. The number of halogens is 1. The summed E-state index contributed by atoms with van der Waals surface area (Å²) in [5, 5.41) is 0. The van der Waals surface area contributed by atoms with E-state index in [0.717, 1.165) is 39.0 Å². The second kappa shape index (κ2) is 6.42. The van der Waals surface area contributed by atoms with Crippen LogP contribution in [0, 0.1) is 0 Å². The van der Waals surface area contributed by atoms with Crippen LogP contribution >= 0.6 is 12.4 Å². The predicted octanol–water partition coefficient (Wildman–Crippen LogP) is 0.970. The molecule has 2 unspecified atom stereocenters. The zero-order valence-electron chi connectivity index (χ0n) is 10.4. The number of hydrogen-bond donors (Lipinski definition) is 0. The predicted molar refractivity (Wildman–Crippen MR) is 66.6 cm³/mol. The second-order valence-corrected chi connectivity index (χ2v) is 4.83. The summed E-state index contributed by atoms with van der Waals surface area (Å²) in [5.74, 6) is 0. The highest BCUT2D eigenvalue weighted by molar-refractivity contribution is 5.85. The van der Waals surface area contributed by atoms with Gasteiger partial charge >= 0.3 is 6.16 Å². The van der Waals surface area contributed by atoms with Crippen LogP contribution in [0.1, 0.15) is 12.8 Å². The SMILES string of the molecule is CN1CCC(OC(=O)OC2CCN(C)C2)C1.Cl. The molecule has 2 saturated heterocycles. The molecule has 0 aromatic heterocycles. The first kappa shape index (κ1) is 14.5. The first-order chi connectivity index (χ1) is 7.63. The number of likely N-dealkylation sites (tertiary alicyclic amines) is 2. The third kappa shape index (κ3) is 4.33. The molecule has 100 valence electrons. The molecule has 6 heteroatoms. The van der Waals surface area contributed by atoms with Crippen LogP contribution in [0.4, 0.5) is 4.79 Å². The Balaban J connectivity index is 0.00000144. The normalized spacial score (nSPS) is 30.0. The quantitative estimate of drug-likeness (QED) is 0.696. The van der Waals surface area contributed by atoms with Crippen molar-refractivity contribution in [3.05, 3.63) is 0 Å². The van der Waals surface area contributed by atoms with Crippen LogP contribution in [0.2, 0.25) is 0 Å². The van der Waals surface area contributed by atoms with Crippen LogP contribution in [-0.2, 0) is 9.47 Å². The fraction of sp³-hybridized carbons (Fsp3) is 0.909. The number of rotatable bonds is 2. The Morgan fingerprint density at radius 3 is 1.71 bits per heavy atom. The van der Waals surface area contributed by atoms with E-state index in [-0.39, 0.29) is 24.6 Å². The average Bonchev–Trinajstić information content (AvgIpc) is 2.76. The zero-order valence-corrected chi connectivity index (χ0v) is 11.2. The molecule has 0 saturated carbocycles. The molecule has 0 radical (unpaired) electrons. The van der Waals surface area contributed by atoms with Crippen molar-refractivity contribution in [1.29, 1.82) is 0 Å². The Hall–Kier alpha value is -0.520. The van der Waals surface area contributed by atoms with Gasteiger partial charge in [-0.2, -0.15) is 0 Å². The largest absolute Gasteiger partial charge is 0.508 e. The van der Waals surface area contributed by atoms with E-state index in [1.165, 1.54) is 0 Å². The highest BCUT2D eigenvalue weighted by atomic mass is 35.5. The number of ether oxygens (including phenoxy) is 2. The minimum Gasteiger partial charge on any atom is -0.430 e. The van der Waals surface area contributed by atoms with Crippen molar-refractivity contribution < 1.29 is 14.3 Å². The summed E-state index contributed by atoms with van der Waals surface area (Å²) < 4.78 is 10.5. The van der Waals surface area contributed by atoms with Crippen molar-refractivity contribution in [2.45, 2.75) is 25.0 Å². The Labute approximate surface area is 108 Å². The molecule has 0 aromatic carbocycles. The van der Waals surface area contributed by atoms with E-state index < -0.39 is 6.16 Å². The lowest BCUT2D eigenvalue weighted by molar-refractivity contribution is 0.00449. The summed E-state index contributed by atoms with van der Waals surface area (Å²) in [6.07, 6.45) is 1.35. The van der Waals surface area contributed by atoms with E-state index in [1.54, 1.807) is 0 Å². The monoisotopic (exact) mass is 264 g/mol. The first-order valence-corrected chi connectivity index (χ1v) is 5.88. The van der Waals surface area contributed by atoms with Gasteiger partial charge in [-0.05, 0) is 26.9 Å². The molecule has 2 atom stereocenters. The zero-order chi connectivity index (χ0) is 11.5. The highest BCUT2D eigenvalue weighted by Gasteiger charge is 2.27. The van der Waals surface area contributed by atoms with E-state index in [9.17, 15) is 4.79 Å². The van der Waals surface area contributed by atoms with Gasteiger partial charge in [-0.15, -0.1) is 12.4 Å². The third-order valence-electron chi connectivity index (χ3n) is 3.22. The molecule has 0 spiro atoms. The third-order valence-corrected chi connectivity index (χ3v) is 3.22. The molecule has 2 rings (SSSR count). The molecule has 0 aromatic rings. The number of nitrogens with zero attached hydrogens (tertiary/aromatic N) is 2. The van der Waals surface area contributed by atoms with E-state index in [0.29, 0.717) is 0 Å². The van der Waals surface area contributed by atoms with Gasteiger partial charge in [0.1, 0.15) is 12.2 Å². The molecule has 2 aliphatic heterocycles. The molecule has 0 bridgehead atoms. The molecular formula is C11H21ClN2O3. The van der Waals surface area contributed by atoms with E-state index in [4.69, 9.17) is 9.47 Å². The van der Waals surface area contributed by atoms with Crippen LogP contribution in [-0.4, -0.2) is 68.4 Å². The van der Waals surface area contributed by atoms with Crippen LogP contribution in [0.5, 0.6) is 0 Å². The Morgan fingerprint density at radius 2 is 1.41 bits per heavy atom. The fourth-order valence-corrected chi connectivity index (χ4v) is 2.28. The smallest absolute Gasteiger partial charge is 0.430 e.